The fourth-order valence-corrected chi connectivity index (χ4v) is 3.89. The smallest absolute Gasteiger partial charge is 0.347 e. The maximum Gasteiger partial charge on any atom is 0.347 e. The number of amides is 2. The van der Waals surface area contributed by atoms with Gasteiger partial charge >= 0.3 is 5.97 Å². The molecule has 3 rings (SSSR count). The van der Waals surface area contributed by atoms with Gasteiger partial charge in [0.1, 0.15) is 21.6 Å². The Labute approximate surface area is 158 Å². The number of halogens is 1. The number of carboxylic acids is 1. The predicted octanol–water partition coefficient (Wildman–Crippen LogP) is 2.52. The van der Waals surface area contributed by atoms with E-state index in [0.29, 0.717) is 29.4 Å². The highest BCUT2D eigenvalue weighted by Gasteiger charge is 2.38. The van der Waals surface area contributed by atoms with E-state index < -0.39 is 29.7 Å². The molecule has 0 radical (unpaired) electrons. The van der Waals surface area contributed by atoms with Crippen LogP contribution < -0.4 is 10.2 Å². The fraction of sp³-hybridized carbons (Fsp3) is 0.333. The summed E-state index contributed by atoms with van der Waals surface area (Å²) in [4.78, 5) is 42.0. The van der Waals surface area contributed by atoms with Crippen LogP contribution in [0.3, 0.4) is 0 Å². The second kappa shape index (κ2) is 7.43. The van der Waals surface area contributed by atoms with Gasteiger partial charge in [-0.05, 0) is 44.5 Å². The predicted molar refractivity (Wildman–Crippen MR) is 97.2 cm³/mol. The molecule has 27 heavy (non-hydrogen) atoms. The number of nitrogens with one attached hydrogen (secondary N) is 1. The van der Waals surface area contributed by atoms with Gasteiger partial charge in [-0.3, -0.25) is 9.59 Å². The molecule has 2 unspecified atom stereocenters. The topological polar surface area (TPSA) is 99.6 Å². The van der Waals surface area contributed by atoms with Crippen molar-refractivity contribution in [1.29, 1.82) is 0 Å². The quantitative estimate of drug-likeness (QED) is 0.763. The zero-order valence-corrected chi connectivity index (χ0v) is 15.5. The van der Waals surface area contributed by atoms with Crippen molar-refractivity contribution in [2.45, 2.75) is 26.3 Å². The molecule has 2 aromatic rings. The van der Waals surface area contributed by atoms with Crippen molar-refractivity contribution in [3.63, 3.8) is 0 Å². The number of benzene rings is 1. The molecule has 142 valence electrons. The van der Waals surface area contributed by atoms with Gasteiger partial charge < -0.3 is 15.3 Å². The summed E-state index contributed by atoms with van der Waals surface area (Å²) in [6.45, 7) is 3.66. The van der Waals surface area contributed by atoms with E-state index in [2.05, 4.69) is 10.3 Å². The van der Waals surface area contributed by atoms with Gasteiger partial charge in [0, 0.05) is 12.2 Å². The minimum atomic E-state index is -1.06. The zero-order valence-electron chi connectivity index (χ0n) is 14.7. The number of carbonyl (C=O) groups excluding carboxylic acids is 2. The minimum Gasteiger partial charge on any atom is -0.477 e. The maximum absolute atomic E-state index is 13.1. The van der Waals surface area contributed by atoms with Gasteiger partial charge in [-0.1, -0.05) is 0 Å². The monoisotopic (exact) mass is 391 g/mol. The van der Waals surface area contributed by atoms with Crippen LogP contribution in [0.5, 0.6) is 0 Å². The lowest BCUT2D eigenvalue weighted by Gasteiger charge is -2.17. The molecule has 1 aromatic heterocycles. The molecule has 1 aliphatic rings. The summed E-state index contributed by atoms with van der Waals surface area (Å²) in [6, 6.07) is 5.03. The summed E-state index contributed by atoms with van der Waals surface area (Å²) >= 11 is 1.00. The number of thiazole rings is 1. The van der Waals surface area contributed by atoms with Crippen LogP contribution in [0.1, 0.15) is 39.8 Å². The Kier molecular flexibility index (Phi) is 5.22. The lowest BCUT2D eigenvalue weighted by molar-refractivity contribution is -0.132. The molecular formula is C18H18FN3O4S. The number of anilines is 1. The van der Waals surface area contributed by atoms with Crippen molar-refractivity contribution in [3.05, 3.63) is 45.7 Å². The Hall–Kier alpha value is -2.81. The Bertz CT molecular complexity index is 897. The number of aryl methyl sites for hydroxylation is 1. The number of hydrogen-bond donors (Lipinski definition) is 2. The molecule has 0 saturated carbocycles. The number of carboxylic acid groups (broad SMARTS) is 1. The van der Waals surface area contributed by atoms with Gasteiger partial charge in [0.25, 0.3) is 0 Å². The Morgan fingerprint density at radius 1 is 1.37 bits per heavy atom. The van der Waals surface area contributed by atoms with Crippen molar-refractivity contribution in [2.75, 3.05) is 11.4 Å². The zero-order chi connectivity index (χ0) is 19.7. The second-order valence-electron chi connectivity index (χ2n) is 6.31. The summed E-state index contributed by atoms with van der Waals surface area (Å²) in [5.74, 6) is -3.06. The molecule has 2 atom stereocenters. The van der Waals surface area contributed by atoms with E-state index in [1.54, 1.807) is 13.8 Å². The molecule has 2 amide bonds. The van der Waals surface area contributed by atoms with Crippen LogP contribution in [-0.2, 0) is 9.59 Å². The van der Waals surface area contributed by atoms with Crippen LogP contribution in [0.25, 0.3) is 0 Å². The van der Waals surface area contributed by atoms with E-state index in [-0.39, 0.29) is 10.8 Å². The van der Waals surface area contributed by atoms with Crippen LogP contribution in [0, 0.1) is 18.7 Å². The van der Waals surface area contributed by atoms with Crippen LogP contribution in [0.4, 0.5) is 10.1 Å². The normalized spacial score (nSPS) is 17.8. The van der Waals surface area contributed by atoms with Crippen molar-refractivity contribution in [1.82, 2.24) is 10.3 Å². The average Bonchev–Trinajstić information content (AvgIpc) is 3.19. The van der Waals surface area contributed by atoms with Gasteiger partial charge in [0.05, 0.1) is 11.7 Å². The van der Waals surface area contributed by atoms with Crippen LogP contribution in [0.15, 0.2) is 24.3 Å². The highest BCUT2D eigenvalue weighted by atomic mass is 32.1. The standard InChI is InChI=1S/C18H18FN3O4S/c1-9-14(18(25)26)27-16(21-9)10(2)20-15(23)13-7-8-22(17(13)24)12-5-3-11(19)4-6-12/h3-6,10,13H,7-8H2,1-2H3,(H,20,23)(H,25,26). The maximum atomic E-state index is 13.1. The van der Waals surface area contributed by atoms with Gasteiger partial charge in [-0.2, -0.15) is 0 Å². The molecule has 1 fully saturated rings. The van der Waals surface area contributed by atoms with Crippen LogP contribution >= 0.6 is 11.3 Å². The number of carbonyl (C=O) groups is 3. The molecule has 2 N–H and O–H groups in total. The highest BCUT2D eigenvalue weighted by molar-refractivity contribution is 7.13. The van der Waals surface area contributed by atoms with Crippen molar-refractivity contribution in [3.8, 4) is 0 Å². The van der Waals surface area contributed by atoms with Gasteiger partial charge in [0.2, 0.25) is 11.8 Å². The van der Waals surface area contributed by atoms with Gasteiger partial charge in [0.15, 0.2) is 0 Å². The third-order valence-electron chi connectivity index (χ3n) is 4.40. The second-order valence-corrected chi connectivity index (χ2v) is 7.34. The van der Waals surface area contributed by atoms with E-state index >= 15 is 0 Å². The van der Waals surface area contributed by atoms with Gasteiger partial charge in [-0.15, -0.1) is 11.3 Å². The fourth-order valence-electron chi connectivity index (χ4n) is 2.98. The van der Waals surface area contributed by atoms with Crippen LogP contribution in [0.2, 0.25) is 0 Å². The molecule has 2 heterocycles. The summed E-state index contributed by atoms with van der Waals surface area (Å²) in [5.41, 5.74) is 0.939. The molecule has 0 aliphatic carbocycles. The van der Waals surface area contributed by atoms with E-state index in [4.69, 9.17) is 5.11 Å². The van der Waals surface area contributed by atoms with E-state index in [9.17, 15) is 18.8 Å². The van der Waals surface area contributed by atoms with Crippen molar-refractivity contribution < 1.29 is 23.9 Å². The first-order valence-electron chi connectivity index (χ1n) is 8.36. The summed E-state index contributed by atoms with van der Waals surface area (Å²) < 4.78 is 13.1. The van der Waals surface area contributed by atoms with E-state index in [1.165, 1.54) is 29.2 Å². The van der Waals surface area contributed by atoms with Crippen LogP contribution in [-0.4, -0.2) is 34.4 Å². The third-order valence-corrected chi connectivity index (χ3v) is 5.73. The molecule has 1 saturated heterocycles. The highest BCUT2D eigenvalue weighted by Crippen LogP contribution is 2.27. The lowest BCUT2D eigenvalue weighted by atomic mass is 10.1. The Morgan fingerprint density at radius 2 is 2.04 bits per heavy atom. The van der Waals surface area contributed by atoms with E-state index in [1.807, 2.05) is 0 Å². The molecule has 0 bridgehead atoms. The number of nitrogens with zero attached hydrogens (tertiary/aromatic N) is 2. The number of aromatic nitrogens is 1. The molecule has 0 spiro atoms. The first-order chi connectivity index (χ1) is 12.8. The Morgan fingerprint density at radius 3 is 2.63 bits per heavy atom. The van der Waals surface area contributed by atoms with Gasteiger partial charge in [-0.25, -0.2) is 14.2 Å². The lowest BCUT2D eigenvalue weighted by Crippen LogP contribution is -2.38. The summed E-state index contributed by atoms with van der Waals surface area (Å²) in [5, 5.41) is 12.3. The largest absolute Gasteiger partial charge is 0.477 e. The molecule has 1 aliphatic heterocycles. The van der Waals surface area contributed by atoms with Crippen molar-refractivity contribution >= 4 is 34.8 Å². The Balaban J connectivity index is 1.67. The van der Waals surface area contributed by atoms with E-state index in [0.717, 1.165) is 11.3 Å². The minimum absolute atomic E-state index is 0.130. The molecule has 7 nitrogen and oxygen atoms in total. The molecule has 9 heteroatoms. The molecular weight excluding hydrogens is 373 g/mol. The SMILES string of the molecule is Cc1nc(C(C)NC(=O)C2CCN(c3ccc(F)cc3)C2=O)sc1C(=O)O. The number of aromatic carboxylic acids is 1. The summed E-state index contributed by atoms with van der Waals surface area (Å²) in [7, 11) is 0. The third kappa shape index (κ3) is 3.82. The number of rotatable bonds is 5. The summed E-state index contributed by atoms with van der Waals surface area (Å²) in [6.07, 6.45) is 0.353. The number of hydrogen-bond acceptors (Lipinski definition) is 5. The first kappa shape index (κ1) is 19.0. The first-order valence-corrected chi connectivity index (χ1v) is 9.17. The molecule has 1 aromatic carbocycles. The average molecular weight is 391 g/mol. The van der Waals surface area contributed by atoms with Crippen molar-refractivity contribution in [2.24, 2.45) is 5.92 Å².